The third kappa shape index (κ3) is 4.47. The average molecular weight is 434 g/mol. The van der Waals surface area contributed by atoms with Gasteiger partial charge in [0.2, 0.25) is 5.91 Å². The van der Waals surface area contributed by atoms with Crippen LogP contribution in [0.1, 0.15) is 24.5 Å². The Morgan fingerprint density at radius 1 is 1.23 bits per heavy atom. The number of nitrogens with zero attached hydrogens (tertiary/aromatic N) is 3. The summed E-state index contributed by atoms with van der Waals surface area (Å²) in [6.45, 7) is 1.35. The zero-order chi connectivity index (χ0) is 22.1. The minimum absolute atomic E-state index is 0. The highest BCUT2D eigenvalue weighted by molar-refractivity contribution is 5.92. The normalized spacial score (nSPS) is 13.8. The molecule has 7 nitrogen and oxygen atoms in total. The van der Waals surface area contributed by atoms with Crippen LogP contribution in [0.5, 0.6) is 0 Å². The molecule has 0 aliphatic rings. The van der Waals surface area contributed by atoms with Crippen LogP contribution < -0.4 is 10.6 Å². The average Bonchev–Trinajstić information content (AvgIpc) is 3.10. The van der Waals surface area contributed by atoms with Crippen LogP contribution in [0.15, 0.2) is 24.7 Å². The number of carbonyl (C=O) groups is 1. The maximum Gasteiger partial charge on any atom is 0.405 e. The van der Waals surface area contributed by atoms with Gasteiger partial charge in [-0.25, -0.2) is 23.7 Å². The number of pyridine rings is 1. The van der Waals surface area contributed by atoms with Gasteiger partial charge in [0.05, 0.1) is 12.4 Å². The molecule has 0 saturated carbocycles. The van der Waals surface area contributed by atoms with Crippen molar-refractivity contribution >= 4 is 22.8 Å². The van der Waals surface area contributed by atoms with Gasteiger partial charge >= 0.3 is 6.18 Å². The number of rotatable bonds is 6. The minimum Gasteiger partial charge on any atom is -0.354 e. The zero-order valence-corrected chi connectivity index (χ0v) is 15.9. The van der Waals surface area contributed by atoms with Crippen LogP contribution in [0.2, 0.25) is 0 Å². The van der Waals surface area contributed by atoms with Crippen molar-refractivity contribution in [3.8, 4) is 11.4 Å². The molecule has 0 bridgehead atoms. The number of aromatic amines is 1. The molecule has 0 aliphatic carbocycles. The highest BCUT2D eigenvalue weighted by atomic mass is 19.4. The van der Waals surface area contributed by atoms with Gasteiger partial charge < -0.3 is 15.6 Å². The Morgan fingerprint density at radius 2 is 1.97 bits per heavy atom. The molecule has 30 heavy (non-hydrogen) atoms. The lowest BCUT2D eigenvalue weighted by atomic mass is 9.97. The number of alkyl halides is 3. The van der Waals surface area contributed by atoms with Crippen molar-refractivity contribution in [3.05, 3.63) is 36.3 Å². The van der Waals surface area contributed by atoms with Crippen molar-refractivity contribution in [3.63, 3.8) is 0 Å². The fourth-order valence-electron chi connectivity index (χ4n) is 2.69. The fourth-order valence-corrected chi connectivity index (χ4v) is 2.69. The molecule has 1 atom stereocenters. The van der Waals surface area contributed by atoms with E-state index in [9.17, 15) is 26.7 Å². The van der Waals surface area contributed by atoms with E-state index >= 15 is 0 Å². The Labute approximate surface area is 171 Å². The van der Waals surface area contributed by atoms with Crippen molar-refractivity contribution < 1.29 is 31.0 Å². The molecule has 0 spiro atoms. The van der Waals surface area contributed by atoms with Gasteiger partial charge in [-0.2, -0.15) is 13.2 Å². The van der Waals surface area contributed by atoms with Crippen LogP contribution in [0.4, 0.5) is 27.8 Å². The maximum absolute atomic E-state index is 14.3. The Hall–Kier alpha value is -3.31. The summed E-state index contributed by atoms with van der Waals surface area (Å²) in [6, 6.07) is 1.20. The van der Waals surface area contributed by atoms with Crippen LogP contribution >= 0.6 is 0 Å². The first kappa shape index (κ1) is 21.4. The molecular weight excluding hydrogens is 411 g/mol. The summed E-state index contributed by atoms with van der Waals surface area (Å²) in [5.74, 6) is -2.85. The predicted octanol–water partition coefficient (Wildman–Crippen LogP) is 4.30. The van der Waals surface area contributed by atoms with E-state index in [4.69, 9.17) is 0 Å². The molecule has 0 aromatic carbocycles. The summed E-state index contributed by atoms with van der Waals surface area (Å²) < 4.78 is 65.1. The number of fused-ring (bicyclic) bond motifs is 1. The first-order valence-corrected chi connectivity index (χ1v) is 8.81. The minimum atomic E-state index is -4.59. The quantitative estimate of drug-likeness (QED) is 0.503. The number of carbonyl (C=O) groups excluding carboxylic acids is 1. The lowest BCUT2D eigenvalue weighted by Gasteiger charge is -2.29. The second kappa shape index (κ2) is 7.84. The largest absolute Gasteiger partial charge is 0.405 e. The molecule has 1 unspecified atom stereocenters. The molecule has 3 heterocycles. The van der Waals surface area contributed by atoms with E-state index in [1.807, 2.05) is 0 Å². The van der Waals surface area contributed by atoms with Crippen molar-refractivity contribution in [2.24, 2.45) is 0 Å². The van der Waals surface area contributed by atoms with E-state index in [0.29, 0.717) is 16.6 Å². The van der Waals surface area contributed by atoms with E-state index < -0.39 is 35.8 Å². The molecule has 0 fully saturated rings. The van der Waals surface area contributed by atoms with Gasteiger partial charge in [-0.05, 0) is 19.4 Å². The molecule has 12 heteroatoms. The lowest BCUT2D eigenvalue weighted by molar-refractivity contribution is -0.140. The number of halogens is 5. The third-order valence-corrected chi connectivity index (χ3v) is 4.53. The summed E-state index contributed by atoms with van der Waals surface area (Å²) in [4.78, 5) is 26.9. The topological polar surface area (TPSA) is 95.6 Å². The molecule has 3 N–H and O–H groups in total. The SMILES string of the molecule is CCC(C)(Nc1nc(-c2c[nH]c3ncc(F)cc23)ncc1F)C(=O)NCC(F)(F)F.[HH].[HH].[HH]. The van der Waals surface area contributed by atoms with E-state index in [2.05, 4.69) is 25.3 Å². The van der Waals surface area contributed by atoms with Crippen molar-refractivity contribution in [2.75, 3.05) is 11.9 Å². The van der Waals surface area contributed by atoms with Gasteiger partial charge in [0.15, 0.2) is 17.5 Å². The van der Waals surface area contributed by atoms with Gasteiger partial charge in [-0.3, -0.25) is 4.79 Å². The Bertz CT molecular complexity index is 1100. The fraction of sp³-hybridized carbons (Fsp3) is 0.333. The van der Waals surface area contributed by atoms with Crippen molar-refractivity contribution in [1.29, 1.82) is 0 Å². The second-order valence-electron chi connectivity index (χ2n) is 6.75. The van der Waals surface area contributed by atoms with Crippen molar-refractivity contribution in [2.45, 2.75) is 32.0 Å². The summed E-state index contributed by atoms with van der Waals surface area (Å²) in [5.41, 5.74) is -0.885. The van der Waals surface area contributed by atoms with E-state index in [1.54, 1.807) is 12.2 Å². The first-order valence-electron chi connectivity index (χ1n) is 8.81. The smallest absolute Gasteiger partial charge is 0.354 e. The maximum atomic E-state index is 14.3. The molecule has 166 valence electrons. The number of H-pyrrole nitrogens is 1. The number of anilines is 1. The molecule has 3 aromatic heterocycles. The molecule has 3 rings (SSSR count). The molecule has 0 aliphatic heterocycles. The van der Waals surface area contributed by atoms with Crippen LogP contribution in [0.25, 0.3) is 22.4 Å². The van der Waals surface area contributed by atoms with Gasteiger partial charge in [0.1, 0.15) is 23.5 Å². The summed E-state index contributed by atoms with van der Waals surface area (Å²) in [6.07, 6.45) is -1.22. The molecule has 1 amide bonds. The van der Waals surface area contributed by atoms with Crippen LogP contribution in [-0.4, -0.2) is 44.1 Å². The van der Waals surface area contributed by atoms with Crippen LogP contribution in [0, 0.1) is 11.6 Å². The summed E-state index contributed by atoms with van der Waals surface area (Å²) in [5, 5.41) is 4.70. The second-order valence-corrected chi connectivity index (χ2v) is 6.75. The molecular formula is C18H23F5N6O. The Kier molecular flexibility index (Phi) is 5.59. The molecule has 0 radical (unpaired) electrons. The van der Waals surface area contributed by atoms with Crippen LogP contribution in [0.3, 0.4) is 0 Å². The van der Waals surface area contributed by atoms with Crippen LogP contribution in [-0.2, 0) is 4.79 Å². The van der Waals surface area contributed by atoms with E-state index in [0.717, 1.165) is 12.4 Å². The number of aromatic nitrogens is 4. The third-order valence-electron chi connectivity index (χ3n) is 4.53. The number of nitrogens with one attached hydrogen (secondary N) is 3. The highest BCUT2D eigenvalue weighted by Crippen LogP contribution is 2.28. The van der Waals surface area contributed by atoms with Gasteiger partial charge in [-0.1, -0.05) is 6.92 Å². The number of amides is 1. The molecule has 0 saturated heterocycles. The Balaban J connectivity index is 0.00000341. The van der Waals surface area contributed by atoms with E-state index in [-0.39, 0.29) is 22.3 Å². The van der Waals surface area contributed by atoms with Gasteiger partial charge in [0.25, 0.3) is 0 Å². The Morgan fingerprint density at radius 3 is 2.63 bits per heavy atom. The van der Waals surface area contributed by atoms with Gasteiger partial charge in [-0.15, -0.1) is 0 Å². The van der Waals surface area contributed by atoms with Crippen molar-refractivity contribution in [1.82, 2.24) is 25.3 Å². The summed E-state index contributed by atoms with van der Waals surface area (Å²) in [7, 11) is 0. The highest BCUT2D eigenvalue weighted by Gasteiger charge is 2.36. The summed E-state index contributed by atoms with van der Waals surface area (Å²) >= 11 is 0. The number of hydrogen-bond acceptors (Lipinski definition) is 5. The van der Waals surface area contributed by atoms with Gasteiger partial charge in [0, 0.05) is 21.4 Å². The standard InChI is InChI=1S/C18H17F5N6O.3H2/c1-3-17(2,16(30)27-8-18(21,22)23)29-15-12(20)7-26-14(28-15)11-6-25-13-10(11)4-9(19)5-24-13;;;/h4-7H,3,8H2,1-2H3,(H,24,25)(H,27,30)(H,26,28,29);3*1H. The lowest BCUT2D eigenvalue weighted by Crippen LogP contribution is -2.52. The zero-order valence-electron chi connectivity index (χ0n) is 15.9. The predicted molar refractivity (Wildman–Crippen MR) is 105 cm³/mol. The first-order chi connectivity index (χ1) is 14.0. The molecule has 3 aromatic rings. The monoisotopic (exact) mass is 434 g/mol. The number of hydrogen-bond donors (Lipinski definition) is 3. The van der Waals surface area contributed by atoms with E-state index in [1.165, 1.54) is 19.2 Å².